The van der Waals surface area contributed by atoms with Gasteiger partial charge in [-0.1, -0.05) is 161 Å². The lowest BCUT2D eigenvalue weighted by Gasteiger charge is -2.43. The number of aliphatic hydroxyl groups excluding tert-OH is 5. The number of unbranched alkanes of at least 4 members (excludes halogenated alkanes) is 6. The van der Waals surface area contributed by atoms with Crippen molar-refractivity contribution in [2.45, 2.75) is 185 Å². The third-order valence-corrected chi connectivity index (χ3v) is 12.1. The summed E-state index contributed by atoms with van der Waals surface area (Å²) in [6.45, 7) is 2.74. The second-order valence-electron chi connectivity index (χ2n) is 17.0. The number of carbonyl (C=O) groups is 2. The number of phosphoric ester groups is 2. The zero-order valence-corrected chi connectivity index (χ0v) is 44.0. The molecule has 19 heteroatoms. The molecule has 0 bridgehead atoms. The van der Waals surface area contributed by atoms with Gasteiger partial charge in [0.05, 0.1) is 12.7 Å². The van der Waals surface area contributed by atoms with Crippen LogP contribution in [-0.4, -0.2) is 114 Å². The summed E-state index contributed by atoms with van der Waals surface area (Å²) in [5.74, 6) is -1.36. The Labute approximate surface area is 427 Å². The largest absolute Gasteiger partial charge is 0.472 e. The molecule has 0 aromatic heterocycles. The van der Waals surface area contributed by atoms with Gasteiger partial charge >= 0.3 is 27.6 Å². The zero-order valence-electron chi connectivity index (χ0n) is 42.2. The Morgan fingerprint density at radius 2 is 1.00 bits per heavy atom. The molecule has 0 saturated heterocycles. The van der Waals surface area contributed by atoms with E-state index >= 15 is 0 Å². The minimum atomic E-state index is -5.39. The van der Waals surface area contributed by atoms with E-state index in [9.17, 15) is 58.9 Å². The fourth-order valence-corrected chi connectivity index (χ4v) is 8.31. The molecule has 17 nitrogen and oxygen atoms in total. The molecule has 0 radical (unpaired) electrons. The highest BCUT2D eigenvalue weighted by molar-refractivity contribution is 7.47. The Morgan fingerprint density at radius 1 is 0.514 bits per heavy atom. The van der Waals surface area contributed by atoms with Crippen molar-refractivity contribution in [3.8, 4) is 0 Å². The summed E-state index contributed by atoms with van der Waals surface area (Å²) in [6, 6.07) is 0. The van der Waals surface area contributed by atoms with E-state index in [1.54, 1.807) is 12.2 Å². The quantitative estimate of drug-likeness (QED) is 0.00933. The van der Waals surface area contributed by atoms with Crippen LogP contribution in [0.3, 0.4) is 0 Å². The molecule has 0 aromatic carbocycles. The van der Waals surface area contributed by atoms with Crippen molar-refractivity contribution in [2.24, 2.45) is 0 Å². The fourth-order valence-electron chi connectivity index (χ4n) is 6.77. The molecule has 408 valence electrons. The van der Waals surface area contributed by atoms with Gasteiger partial charge in [0.15, 0.2) is 6.10 Å². The molecule has 0 aromatic rings. The first-order valence-electron chi connectivity index (χ1n) is 25.2. The molecule has 72 heavy (non-hydrogen) atoms. The molecule has 1 aliphatic rings. The predicted octanol–water partition coefficient (Wildman–Crippen LogP) is 9.25. The molecule has 0 amide bonds. The molecule has 8 N–H and O–H groups in total. The van der Waals surface area contributed by atoms with Crippen LogP contribution in [0, 0.1) is 0 Å². The molecule has 0 aliphatic heterocycles. The third kappa shape index (κ3) is 35.5. The maximum atomic E-state index is 13.0. The van der Waals surface area contributed by atoms with Gasteiger partial charge in [-0.2, -0.15) is 0 Å². The number of hydrogen-bond acceptors (Lipinski definition) is 14. The van der Waals surface area contributed by atoms with Crippen LogP contribution >= 0.6 is 15.6 Å². The molecular weight excluding hydrogens is 971 g/mol. The first-order valence-corrected chi connectivity index (χ1v) is 28.2. The van der Waals surface area contributed by atoms with E-state index in [4.69, 9.17) is 18.5 Å². The highest BCUT2D eigenvalue weighted by atomic mass is 31.2. The molecule has 1 fully saturated rings. The van der Waals surface area contributed by atoms with Gasteiger partial charge in [0.2, 0.25) is 0 Å². The number of esters is 2. The van der Waals surface area contributed by atoms with Crippen molar-refractivity contribution in [3.63, 3.8) is 0 Å². The first-order chi connectivity index (χ1) is 34.5. The second-order valence-corrected chi connectivity index (χ2v) is 19.6. The zero-order chi connectivity index (χ0) is 53.3. The lowest BCUT2D eigenvalue weighted by atomic mass is 9.85. The highest BCUT2D eigenvalue weighted by Crippen LogP contribution is 2.49. The van der Waals surface area contributed by atoms with Gasteiger partial charge in [-0.25, -0.2) is 9.13 Å². The molecule has 1 saturated carbocycles. The smallest absolute Gasteiger partial charge is 0.462 e. The van der Waals surface area contributed by atoms with Gasteiger partial charge in [0.1, 0.15) is 43.2 Å². The lowest BCUT2D eigenvalue weighted by Crippen LogP contribution is -2.64. The van der Waals surface area contributed by atoms with Crippen molar-refractivity contribution in [1.29, 1.82) is 0 Å². The van der Waals surface area contributed by atoms with Crippen LogP contribution in [0.5, 0.6) is 0 Å². The van der Waals surface area contributed by atoms with Crippen molar-refractivity contribution in [2.75, 3.05) is 13.2 Å². The van der Waals surface area contributed by atoms with Crippen LogP contribution in [-0.2, 0) is 41.8 Å². The minimum absolute atomic E-state index is 0.00611. The standard InChI is InChI=1S/C53H84O17P2/c1-3-5-7-9-11-12-13-14-15-16-17-18-19-20-21-26-29-33-37-41-47(56)68-45(43-67-72(64,65)70-53-50(59)48(57)49(58)52(51(53)60)69-71(61,62)63)42-66-46(55)40-36-32-28-25-23-22-24-27-31-35-39-44(54)38-34-30-10-8-6-4-2/h5-8,11-12,14-15,17-18,22-23,27-28,30-32,34-35,39,44-45,48-54,57-60H,3-4,9-10,13,16,19-21,24-26,29,33,36-38,40-43H2,1-2H3,(H,64,65)(H2,61,62,63)/b7-5-,8-6-,12-11-,15-14-,18-17-,23-22-,31-27-,32-28-,34-30-,39-35+/t44?,45-,48?,49?,50?,51?,52-,53+/m1/s1. The number of allylic oxidation sites excluding steroid dienone is 18. The van der Waals surface area contributed by atoms with Crippen LogP contribution in [0.25, 0.3) is 0 Å². The Kier molecular flexibility index (Phi) is 38.4. The van der Waals surface area contributed by atoms with Crippen LogP contribution in [0.2, 0.25) is 0 Å². The highest BCUT2D eigenvalue weighted by Gasteiger charge is 2.54. The normalized spacial score (nSPS) is 22.2. The molecule has 1 aliphatic carbocycles. The molecule has 0 spiro atoms. The predicted molar refractivity (Wildman–Crippen MR) is 279 cm³/mol. The Hall–Kier alpha value is -3.64. The average molecular weight is 1060 g/mol. The van der Waals surface area contributed by atoms with Crippen LogP contribution in [0.4, 0.5) is 0 Å². The maximum absolute atomic E-state index is 13.0. The van der Waals surface area contributed by atoms with Crippen LogP contribution in [0.1, 0.15) is 136 Å². The van der Waals surface area contributed by atoms with Crippen LogP contribution < -0.4 is 0 Å². The van der Waals surface area contributed by atoms with E-state index in [1.165, 1.54) is 0 Å². The topological polar surface area (TPSA) is 276 Å². The first kappa shape index (κ1) is 66.4. The van der Waals surface area contributed by atoms with E-state index in [2.05, 4.69) is 79.1 Å². The summed E-state index contributed by atoms with van der Waals surface area (Å²) >= 11 is 0. The van der Waals surface area contributed by atoms with Crippen molar-refractivity contribution >= 4 is 27.6 Å². The Balaban J connectivity index is 2.65. The summed E-state index contributed by atoms with van der Waals surface area (Å²) in [5, 5.41) is 51.3. The number of hydrogen-bond donors (Lipinski definition) is 8. The SMILES string of the molecule is CC/C=C\C/C=C\C/C=C\C/C=C\CCCCCCCCC(=O)O[C@H](COC(=O)CC/C=C\C/C=C\C/C=C\C=C\C(O)C/C=C\C/C=C\CC)COP(=O)(O)O[C@H]1C(O)C(O)C(O)[C@@H](OP(=O)(O)O)C1O. The van der Waals surface area contributed by atoms with Crippen LogP contribution in [0.15, 0.2) is 122 Å². The van der Waals surface area contributed by atoms with Gasteiger partial charge in [-0.15, -0.1) is 0 Å². The number of ether oxygens (including phenoxy) is 2. The van der Waals surface area contributed by atoms with Gasteiger partial charge in [0, 0.05) is 12.8 Å². The van der Waals surface area contributed by atoms with Gasteiger partial charge in [-0.3, -0.25) is 23.2 Å². The van der Waals surface area contributed by atoms with Gasteiger partial charge in [0.25, 0.3) is 0 Å². The monoisotopic (exact) mass is 1050 g/mol. The number of rotatable bonds is 40. The fraction of sp³-hybridized carbons (Fsp3) is 0.585. The summed E-state index contributed by atoms with van der Waals surface area (Å²) in [7, 11) is -10.7. The van der Waals surface area contributed by atoms with E-state index in [-0.39, 0.29) is 12.8 Å². The summed E-state index contributed by atoms with van der Waals surface area (Å²) < 4.78 is 49.3. The second kappa shape index (κ2) is 41.7. The van der Waals surface area contributed by atoms with E-state index in [0.29, 0.717) is 32.1 Å². The molecule has 0 heterocycles. The molecule has 9 atom stereocenters. The minimum Gasteiger partial charge on any atom is -0.462 e. The molecule has 1 rings (SSSR count). The number of phosphoric acid groups is 2. The van der Waals surface area contributed by atoms with E-state index < -0.39 is 89.6 Å². The number of carbonyl (C=O) groups excluding carboxylic acids is 2. The van der Waals surface area contributed by atoms with Crippen molar-refractivity contribution < 1.29 is 82.0 Å². The summed E-state index contributed by atoms with van der Waals surface area (Å²) in [6.07, 6.45) is 38.9. The van der Waals surface area contributed by atoms with Crippen molar-refractivity contribution in [3.05, 3.63) is 122 Å². The maximum Gasteiger partial charge on any atom is 0.472 e. The van der Waals surface area contributed by atoms with E-state index in [0.717, 1.165) is 77.0 Å². The Morgan fingerprint density at radius 3 is 1.57 bits per heavy atom. The summed E-state index contributed by atoms with van der Waals surface area (Å²) in [5.41, 5.74) is 0. The third-order valence-electron chi connectivity index (χ3n) is 10.6. The molecular formula is C53H84O17P2. The van der Waals surface area contributed by atoms with Gasteiger partial charge < -0.3 is 49.7 Å². The van der Waals surface area contributed by atoms with Crippen molar-refractivity contribution in [1.82, 2.24) is 0 Å². The van der Waals surface area contributed by atoms with E-state index in [1.807, 2.05) is 48.6 Å². The average Bonchev–Trinajstić information content (AvgIpc) is 3.33. The lowest BCUT2D eigenvalue weighted by molar-refractivity contribution is -0.216. The molecule has 6 unspecified atom stereocenters. The Bertz CT molecular complexity index is 1860. The summed E-state index contributed by atoms with van der Waals surface area (Å²) in [4.78, 5) is 54.4. The number of aliphatic hydroxyl groups is 5. The van der Waals surface area contributed by atoms with Gasteiger partial charge in [-0.05, 0) is 83.5 Å².